The fraction of sp³-hybridized carbons (Fsp3) is 0.348. The Morgan fingerprint density at radius 2 is 1.56 bits per heavy atom. The summed E-state index contributed by atoms with van der Waals surface area (Å²) in [5, 5.41) is 4.10. The third-order valence-corrected chi connectivity index (χ3v) is 7.03. The van der Waals surface area contributed by atoms with Crippen LogP contribution < -0.4 is 4.57 Å². The molecule has 2 nitrogen and oxygen atoms in total. The maximum absolute atomic E-state index is 2.53. The molecule has 5 rings (SSSR count). The Bertz CT molecular complexity index is 1210. The lowest BCUT2D eigenvalue weighted by Gasteiger charge is -2.42. The van der Waals surface area contributed by atoms with Crippen LogP contribution in [-0.2, 0) is 17.9 Å². The van der Waals surface area contributed by atoms with Crippen LogP contribution in [0.4, 0.5) is 0 Å². The molecule has 0 aliphatic carbocycles. The molecular weight excluding hydrogens is 304 g/mol. The molecule has 0 fully saturated rings. The van der Waals surface area contributed by atoms with E-state index in [0.29, 0.717) is 0 Å². The zero-order valence-corrected chi connectivity index (χ0v) is 15.9. The van der Waals surface area contributed by atoms with E-state index in [1.165, 1.54) is 44.1 Å². The van der Waals surface area contributed by atoms with Gasteiger partial charge < -0.3 is 0 Å². The molecule has 0 bridgehead atoms. The summed E-state index contributed by atoms with van der Waals surface area (Å²) >= 11 is 0. The Labute approximate surface area is 148 Å². The predicted octanol–water partition coefficient (Wildman–Crippen LogP) is 4.95. The topological polar surface area (TPSA) is 8.29 Å². The third kappa shape index (κ3) is 1.50. The van der Waals surface area contributed by atoms with Crippen LogP contribution in [0, 0.1) is 6.92 Å². The lowest BCUT2D eigenvalue weighted by Crippen LogP contribution is -2.44. The van der Waals surface area contributed by atoms with E-state index in [0.717, 1.165) is 0 Å². The van der Waals surface area contributed by atoms with E-state index in [1.807, 2.05) is 0 Å². The van der Waals surface area contributed by atoms with Crippen molar-refractivity contribution in [1.29, 1.82) is 0 Å². The van der Waals surface area contributed by atoms with Gasteiger partial charge in [-0.25, -0.2) is 4.57 Å². The SMILES string of the molecule is Cc1cccc2c3cccc4c3n3c(c[n+](C)c3c12)C(C)(C)C4(C)C. The van der Waals surface area contributed by atoms with Crippen molar-refractivity contribution in [2.24, 2.45) is 7.05 Å². The number of aromatic nitrogens is 2. The highest BCUT2D eigenvalue weighted by Gasteiger charge is 2.50. The van der Waals surface area contributed by atoms with Crippen LogP contribution in [0.3, 0.4) is 0 Å². The fourth-order valence-corrected chi connectivity index (χ4v) is 4.88. The Balaban J connectivity index is 2.25. The number of hydrogen-bond donors (Lipinski definition) is 0. The van der Waals surface area contributed by atoms with E-state index in [1.54, 1.807) is 0 Å². The third-order valence-electron chi connectivity index (χ3n) is 7.03. The first-order valence-corrected chi connectivity index (χ1v) is 9.13. The molecular formula is C23H25N2+. The van der Waals surface area contributed by atoms with Gasteiger partial charge in [0.2, 0.25) is 0 Å². The number of rotatable bonds is 0. The van der Waals surface area contributed by atoms with Gasteiger partial charge in [0.05, 0.1) is 12.4 Å². The minimum absolute atomic E-state index is 0.0504. The van der Waals surface area contributed by atoms with Crippen molar-refractivity contribution in [3.05, 3.63) is 59.4 Å². The Morgan fingerprint density at radius 1 is 0.880 bits per heavy atom. The molecule has 0 saturated carbocycles. The van der Waals surface area contributed by atoms with Gasteiger partial charge in [0.25, 0.3) is 5.65 Å². The first kappa shape index (κ1) is 14.9. The highest BCUT2D eigenvalue weighted by molar-refractivity contribution is 6.13. The largest absolute Gasteiger partial charge is 0.295 e. The summed E-state index contributed by atoms with van der Waals surface area (Å²) in [5.74, 6) is 0. The monoisotopic (exact) mass is 329 g/mol. The van der Waals surface area contributed by atoms with Crippen LogP contribution in [0.1, 0.15) is 44.5 Å². The van der Waals surface area contributed by atoms with Crippen molar-refractivity contribution in [3.63, 3.8) is 0 Å². The smallest absolute Gasteiger partial charge is 0.232 e. The van der Waals surface area contributed by atoms with Crippen molar-refractivity contribution < 1.29 is 4.57 Å². The van der Waals surface area contributed by atoms with Gasteiger partial charge >= 0.3 is 0 Å². The van der Waals surface area contributed by atoms with Crippen LogP contribution >= 0.6 is 0 Å². The number of para-hydroxylation sites is 1. The maximum Gasteiger partial charge on any atom is 0.295 e. The zero-order chi connectivity index (χ0) is 17.7. The molecule has 25 heavy (non-hydrogen) atoms. The van der Waals surface area contributed by atoms with Crippen molar-refractivity contribution in [2.45, 2.75) is 45.4 Å². The first-order valence-electron chi connectivity index (χ1n) is 9.13. The van der Waals surface area contributed by atoms with Crippen LogP contribution in [-0.4, -0.2) is 4.40 Å². The molecule has 2 aromatic heterocycles. The van der Waals surface area contributed by atoms with E-state index in [2.05, 4.69) is 93.2 Å². The standard InChI is InChI=1S/C23H25N2/c1-14-9-7-10-15-16-11-8-12-17-20(16)25-18(23(4,5)22(17,2)3)13-24(6)21(25)19(14)15/h7-13H,1-6H3/q+1. The van der Waals surface area contributed by atoms with Gasteiger partial charge in [-0.2, -0.15) is 4.40 Å². The number of nitrogens with zero attached hydrogens (tertiary/aromatic N) is 2. The lowest BCUT2D eigenvalue weighted by molar-refractivity contribution is -0.643. The van der Waals surface area contributed by atoms with Crippen LogP contribution in [0.2, 0.25) is 0 Å². The average Bonchev–Trinajstić information content (AvgIpc) is 2.92. The van der Waals surface area contributed by atoms with E-state index in [9.17, 15) is 0 Å². The summed E-state index contributed by atoms with van der Waals surface area (Å²) in [6.07, 6.45) is 2.35. The normalized spacial score (nSPS) is 17.8. The Morgan fingerprint density at radius 3 is 2.32 bits per heavy atom. The molecule has 0 atom stereocenters. The minimum Gasteiger partial charge on any atom is -0.232 e. The fourth-order valence-electron chi connectivity index (χ4n) is 4.88. The Kier molecular flexibility index (Phi) is 2.54. The molecule has 1 aliphatic heterocycles. The summed E-state index contributed by atoms with van der Waals surface area (Å²) in [4.78, 5) is 0. The molecule has 0 N–H and O–H groups in total. The first-order chi connectivity index (χ1) is 11.8. The van der Waals surface area contributed by atoms with E-state index < -0.39 is 0 Å². The van der Waals surface area contributed by atoms with Crippen LogP contribution in [0.5, 0.6) is 0 Å². The molecule has 0 saturated heterocycles. The van der Waals surface area contributed by atoms with E-state index in [-0.39, 0.29) is 10.8 Å². The molecule has 2 heteroatoms. The van der Waals surface area contributed by atoms with Crippen molar-refractivity contribution in [1.82, 2.24) is 4.40 Å². The maximum atomic E-state index is 2.53. The second kappa shape index (κ2) is 4.24. The zero-order valence-electron chi connectivity index (χ0n) is 15.9. The van der Waals surface area contributed by atoms with Crippen molar-refractivity contribution in [2.75, 3.05) is 0 Å². The highest BCUT2D eigenvalue weighted by atomic mass is 15.1. The summed E-state index contributed by atoms with van der Waals surface area (Å²) in [6.45, 7) is 11.8. The van der Waals surface area contributed by atoms with Gasteiger partial charge in [-0.05, 0) is 12.5 Å². The number of hydrogen-bond acceptors (Lipinski definition) is 0. The Hall–Kier alpha value is -2.35. The van der Waals surface area contributed by atoms with E-state index in [4.69, 9.17) is 0 Å². The van der Waals surface area contributed by atoms with Crippen LogP contribution in [0.15, 0.2) is 42.6 Å². The van der Waals surface area contributed by atoms with Gasteiger partial charge in [0.1, 0.15) is 11.7 Å². The van der Waals surface area contributed by atoms with E-state index >= 15 is 0 Å². The van der Waals surface area contributed by atoms with Gasteiger partial charge in [0, 0.05) is 27.2 Å². The summed E-state index contributed by atoms with van der Waals surface area (Å²) in [6, 6.07) is 13.5. The molecule has 2 aromatic carbocycles. The molecule has 0 amide bonds. The van der Waals surface area contributed by atoms with Crippen molar-refractivity contribution in [3.8, 4) is 0 Å². The average molecular weight is 329 g/mol. The van der Waals surface area contributed by atoms with Gasteiger partial charge in [0.15, 0.2) is 5.69 Å². The summed E-state index contributed by atoms with van der Waals surface area (Å²) in [5.41, 5.74) is 7.01. The highest BCUT2D eigenvalue weighted by Crippen LogP contribution is 2.50. The molecule has 3 heterocycles. The molecule has 4 aromatic rings. The number of pyridine rings is 1. The molecule has 126 valence electrons. The predicted molar refractivity (Wildman–Crippen MR) is 104 cm³/mol. The number of fused-ring (bicyclic) bond motifs is 3. The van der Waals surface area contributed by atoms with Gasteiger partial charge in [-0.3, -0.25) is 0 Å². The van der Waals surface area contributed by atoms with Gasteiger partial charge in [-0.15, -0.1) is 0 Å². The molecule has 0 spiro atoms. The summed E-state index contributed by atoms with van der Waals surface area (Å²) < 4.78 is 4.86. The molecule has 1 aliphatic rings. The minimum atomic E-state index is 0.0504. The quantitative estimate of drug-likeness (QED) is 0.319. The summed E-state index contributed by atoms with van der Waals surface area (Å²) in [7, 11) is 2.19. The lowest BCUT2D eigenvalue weighted by atomic mass is 9.61. The second-order valence-electron chi connectivity index (χ2n) is 8.73. The van der Waals surface area contributed by atoms with Crippen molar-refractivity contribution >= 4 is 27.3 Å². The second-order valence-corrected chi connectivity index (χ2v) is 8.73. The van der Waals surface area contributed by atoms with Crippen LogP contribution in [0.25, 0.3) is 27.3 Å². The molecule has 0 unspecified atom stereocenters. The number of imidazole rings is 1. The number of aryl methyl sites for hydroxylation is 2. The van der Waals surface area contributed by atoms with Gasteiger partial charge in [-0.1, -0.05) is 64.1 Å². The number of benzene rings is 2. The molecule has 0 radical (unpaired) electrons.